The molecule has 0 aromatic heterocycles. The Morgan fingerprint density at radius 3 is 1.56 bits per heavy atom. The summed E-state index contributed by atoms with van der Waals surface area (Å²) in [4.78, 5) is 0. The first-order valence-corrected chi connectivity index (χ1v) is 25.1. The Morgan fingerprint density at radius 2 is 1.02 bits per heavy atom. The molecule has 0 amide bonds. The van der Waals surface area contributed by atoms with Gasteiger partial charge in [0.05, 0.1) is 91.5 Å². The number of rotatable bonds is 28. The number of nitrogens with one attached hydrogen (secondary N) is 5. The Kier molecular flexibility index (Phi) is 24.8. The number of ether oxygens (including phenoxy) is 8. The summed E-state index contributed by atoms with van der Waals surface area (Å²) in [7, 11) is 3.34. The van der Waals surface area contributed by atoms with E-state index in [1.807, 2.05) is 0 Å². The van der Waals surface area contributed by atoms with Crippen LogP contribution < -0.4 is 26.6 Å². The van der Waals surface area contributed by atoms with Crippen LogP contribution in [-0.4, -0.2) is 178 Å². The summed E-state index contributed by atoms with van der Waals surface area (Å²) in [5.41, 5.74) is 1.27. The quantitative estimate of drug-likeness (QED) is 0.0571. The number of aliphatic hydroxyl groups excluding tert-OH is 2. The van der Waals surface area contributed by atoms with Crippen LogP contribution in [0.25, 0.3) is 0 Å². The van der Waals surface area contributed by atoms with Crippen LogP contribution in [0.15, 0.2) is 11.9 Å². The van der Waals surface area contributed by atoms with E-state index < -0.39 is 0 Å². The molecule has 4 fully saturated rings. The van der Waals surface area contributed by atoms with Crippen molar-refractivity contribution in [2.75, 3.05) is 113 Å². The van der Waals surface area contributed by atoms with Crippen LogP contribution in [0, 0.1) is 35.5 Å². The third-order valence-corrected chi connectivity index (χ3v) is 15.3. The summed E-state index contributed by atoms with van der Waals surface area (Å²) in [5.74, 6) is 3.04. The molecule has 15 nitrogen and oxygen atoms in total. The minimum absolute atomic E-state index is 0.0998. The molecule has 368 valence electrons. The first-order chi connectivity index (χ1) is 30.9. The second-order valence-corrected chi connectivity index (χ2v) is 18.9. The number of aliphatic hydroxyl groups is 2. The van der Waals surface area contributed by atoms with Crippen LogP contribution >= 0.6 is 0 Å². The minimum Gasteiger partial charge on any atom is -0.396 e. The van der Waals surface area contributed by atoms with Gasteiger partial charge in [-0.1, -0.05) is 40.5 Å². The number of allylic oxidation sites excluding steroid dienone is 1. The first kappa shape index (κ1) is 52.8. The maximum absolute atomic E-state index is 9.98. The van der Waals surface area contributed by atoms with Gasteiger partial charge in [-0.25, -0.2) is 0 Å². The highest BCUT2D eigenvalue weighted by molar-refractivity contribution is 5.16. The summed E-state index contributed by atoms with van der Waals surface area (Å²) < 4.78 is 46.4. The maximum atomic E-state index is 9.98. The lowest BCUT2D eigenvalue weighted by atomic mass is 9.77. The summed E-state index contributed by atoms with van der Waals surface area (Å²) in [5, 5.41) is 40.5. The van der Waals surface area contributed by atoms with E-state index in [0.717, 1.165) is 57.9 Å². The average Bonchev–Trinajstić information content (AvgIpc) is 3.89. The van der Waals surface area contributed by atoms with Crippen molar-refractivity contribution in [3.63, 3.8) is 0 Å². The van der Waals surface area contributed by atoms with Crippen molar-refractivity contribution in [2.45, 2.75) is 146 Å². The second-order valence-electron chi connectivity index (χ2n) is 18.9. The molecule has 7 N–H and O–H groups in total. The molecule has 0 aromatic rings. The molecule has 5 aliphatic rings. The van der Waals surface area contributed by atoms with Crippen LogP contribution in [0.4, 0.5) is 0 Å². The van der Waals surface area contributed by atoms with Crippen LogP contribution in [0.3, 0.4) is 0 Å². The maximum Gasteiger partial charge on any atom is 0.0858 e. The fourth-order valence-corrected chi connectivity index (χ4v) is 11.9. The fourth-order valence-electron chi connectivity index (χ4n) is 11.9. The second kappa shape index (κ2) is 29.6. The molecule has 3 saturated heterocycles. The van der Waals surface area contributed by atoms with Crippen molar-refractivity contribution in [1.82, 2.24) is 26.6 Å². The molecule has 6 bridgehead atoms. The van der Waals surface area contributed by atoms with Gasteiger partial charge in [0.2, 0.25) is 0 Å². The molecule has 63 heavy (non-hydrogen) atoms. The highest BCUT2D eigenvalue weighted by atomic mass is 16.6. The molecule has 5 rings (SSSR count). The molecule has 4 heterocycles. The van der Waals surface area contributed by atoms with Crippen molar-refractivity contribution in [3.05, 3.63) is 11.9 Å². The molecule has 15 atom stereocenters. The zero-order valence-corrected chi connectivity index (χ0v) is 40.1. The van der Waals surface area contributed by atoms with Gasteiger partial charge in [-0.2, -0.15) is 0 Å². The Balaban J connectivity index is 1.35. The minimum atomic E-state index is -0.138. The van der Waals surface area contributed by atoms with Crippen LogP contribution in [0.5, 0.6) is 0 Å². The van der Waals surface area contributed by atoms with E-state index in [9.17, 15) is 10.2 Å². The number of hydrogen-bond acceptors (Lipinski definition) is 15. The van der Waals surface area contributed by atoms with Crippen LogP contribution in [0.2, 0.25) is 0 Å². The van der Waals surface area contributed by atoms with E-state index >= 15 is 0 Å². The van der Waals surface area contributed by atoms with Gasteiger partial charge in [0, 0.05) is 94.1 Å². The predicted octanol–water partition coefficient (Wildman–Crippen LogP) is 3.22. The lowest BCUT2D eigenvalue weighted by Crippen LogP contribution is -2.58. The Labute approximate surface area is 380 Å². The number of fused-ring (bicyclic) bond motifs is 7. The van der Waals surface area contributed by atoms with Crippen molar-refractivity contribution < 1.29 is 48.1 Å². The molecule has 4 aliphatic heterocycles. The summed E-state index contributed by atoms with van der Waals surface area (Å²) in [6.07, 6.45) is 11.8. The monoisotopic (exact) mass is 898 g/mol. The third kappa shape index (κ3) is 16.0. The predicted molar refractivity (Wildman–Crippen MR) is 246 cm³/mol. The lowest BCUT2D eigenvalue weighted by molar-refractivity contribution is -0.120. The Hall–Kier alpha value is -1.18. The fraction of sp³-hybridized carbons (Fsp3) is 0.958. The van der Waals surface area contributed by atoms with Crippen molar-refractivity contribution >= 4 is 0 Å². The molecular formula is C48H91N5O10. The van der Waals surface area contributed by atoms with Crippen molar-refractivity contribution in [2.24, 2.45) is 35.5 Å². The number of methoxy groups -OCH3 is 2. The largest absolute Gasteiger partial charge is 0.396 e. The van der Waals surface area contributed by atoms with Crippen LogP contribution in [-0.2, 0) is 37.9 Å². The van der Waals surface area contributed by atoms with E-state index in [-0.39, 0.29) is 37.5 Å². The summed E-state index contributed by atoms with van der Waals surface area (Å²) >= 11 is 0. The molecule has 0 spiro atoms. The van der Waals surface area contributed by atoms with Crippen molar-refractivity contribution in [1.29, 1.82) is 0 Å². The lowest BCUT2D eigenvalue weighted by Gasteiger charge is -2.42. The smallest absolute Gasteiger partial charge is 0.0858 e. The normalized spacial score (nSPS) is 35.8. The zero-order valence-electron chi connectivity index (χ0n) is 40.1. The topological polar surface area (TPSA) is 174 Å². The van der Waals surface area contributed by atoms with Gasteiger partial charge in [-0.05, 0) is 81.0 Å². The first-order valence-electron chi connectivity index (χ1n) is 25.1. The SMILES string of the molecule is CCC1C2CC3NC(=CNC4CC(OCCOCCOCCOC)C(OCCOCCOCCOC)CC4NCC4NC(CC(N2)C1CC)C(CCCO)C4C)C(C)C3CCCO. The highest BCUT2D eigenvalue weighted by Crippen LogP contribution is 2.43. The van der Waals surface area contributed by atoms with Gasteiger partial charge in [0.15, 0.2) is 0 Å². The van der Waals surface area contributed by atoms with Gasteiger partial charge in [0.25, 0.3) is 0 Å². The van der Waals surface area contributed by atoms with Gasteiger partial charge < -0.3 is 74.7 Å². The van der Waals surface area contributed by atoms with E-state index in [0.29, 0.717) is 145 Å². The molecular weight excluding hydrogens is 807 g/mol. The average molecular weight is 898 g/mol. The molecule has 15 heteroatoms. The third-order valence-electron chi connectivity index (χ3n) is 15.3. The van der Waals surface area contributed by atoms with Crippen LogP contribution in [0.1, 0.15) is 91.9 Å². The van der Waals surface area contributed by atoms with E-state index in [1.54, 1.807) is 14.2 Å². The molecule has 0 aromatic carbocycles. The van der Waals surface area contributed by atoms with E-state index in [4.69, 9.17) is 37.9 Å². The standard InChI is InChI=1S/C48H91N5O10/c1-7-35-36(8-2)40-28-42-38(12-10-14-55)34(4)46(53-42)32-50-44-30-48(63-26-24-61-22-20-59-18-16-57-6)47(62-25-23-60-21-19-58-17-15-56-5)29-43(44)49-31-45-33(3)37(11-9-13-54)41(52-45)27-39(35)51-40/h31,33-44,46-55H,7-30,32H2,1-6H3. The van der Waals surface area contributed by atoms with Gasteiger partial charge in [-0.3, -0.25) is 0 Å². The Bertz CT molecular complexity index is 1240. The molecule has 1 saturated carbocycles. The number of hydrogen-bond donors (Lipinski definition) is 7. The Morgan fingerprint density at radius 1 is 0.540 bits per heavy atom. The van der Waals surface area contributed by atoms with E-state index in [1.165, 1.54) is 18.5 Å². The summed E-state index contributed by atoms with van der Waals surface area (Å²) in [6.45, 7) is 17.1. The highest BCUT2D eigenvalue weighted by Gasteiger charge is 2.48. The van der Waals surface area contributed by atoms with Gasteiger partial charge in [-0.15, -0.1) is 0 Å². The van der Waals surface area contributed by atoms with E-state index in [2.05, 4.69) is 60.5 Å². The van der Waals surface area contributed by atoms with Gasteiger partial charge in [0.1, 0.15) is 0 Å². The summed E-state index contributed by atoms with van der Waals surface area (Å²) in [6, 6.07) is 2.19. The molecule has 1 aliphatic carbocycles. The van der Waals surface area contributed by atoms with Gasteiger partial charge >= 0.3 is 0 Å². The molecule has 15 unspecified atom stereocenters. The zero-order chi connectivity index (χ0) is 44.8. The molecule has 0 radical (unpaired) electrons. The van der Waals surface area contributed by atoms with Crippen molar-refractivity contribution in [3.8, 4) is 0 Å².